The van der Waals surface area contributed by atoms with E-state index in [1.54, 1.807) is 7.11 Å². The molecule has 168 valence electrons. The highest BCUT2D eigenvalue weighted by atomic mass is 16.5. The number of hydrogen-bond acceptors (Lipinski definition) is 4. The predicted molar refractivity (Wildman–Crippen MR) is 122 cm³/mol. The Hall–Kier alpha value is -2.18. The van der Waals surface area contributed by atoms with Gasteiger partial charge in [0.15, 0.2) is 0 Å². The minimum Gasteiger partial charge on any atom is -0.383 e. The second-order valence-electron chi connectivity index (χ2n) is 9.42. The van der Waals surface area contributed by atoms with Crippen LogP contribution in [0.2, 0.25) is 0 Å². The Morgan fingerprint density at radius 1 is 1.23 bits per heavy atom. The van der Waals surface area contributed by atoms with Crippen molar-refractivity contribution in [2.75, 3.05) is 39.9 Å². The van der Waals surface area contributed by atoms with Crippen molar-refractivity contribution in [2.45, 2.75) is 52.1 Å². The standard InChI is InChI=1S/C25H36N4O2/c1-5-20-6-8-21(9-7-20)14-27-15-22(23-16-29(18-26-23)19(2)3)25(17-27)10-11-28(24(25)30)12-13-31-4/h6-9,16,18-19,22H,5,10-15,17H2,1-4H3/t22-,25+/m0/s1. The fourth-order valence-electron chi connectivity index (χ4n) is 5.20. The molecule has 2 saturated heterocycles. The largest absolute Gasteiger partial charge is 0.383 e. The van der Waals surface area contributed by atoms with Crippen LogP contribution in [0.25, 0.3) is 0 Å². The van der Waals surface area contributed by atoms with Gasteiger partial charge in [0.25, 0.3) is 0 Å². The van der Waals surface area contributed by atoms with Crippen LogP contribution in [0.4, 0.5) is 0 Å². The molecule has 6 heteroatoms. The van der Waals surface area contributed by atoms with E-state index in [1.165, 1.54) is 11.1 Å². The molecule has 0 aliphatic carbocycles. The summed E-state index contributed by atoms with van der Waals surface area (Å²) in [5.41, 5.74) is 3.34. The molecule has 2 fully saturated rings. The third-order valence-electron chi connectivity index (χ3n) is 7.13. The van der Waals surface area contributed by atoms with Crippen LogP contribution < -0.4 is 0 Å². The van der Waals surface area contributed by atoms with E-state index in [4.69, 9.17) is 9.72 Å². The zero-order valence-electron chi connectivity index (χ0n) is 19.4. The number of likely N-dealkylation sites (tertiary alicyclic amines) is 2. The molecular formula is C25H36N4O2. The Balaban J connectivity index is 1.59. The van der Waals surface area contributed by atoms with Crippen molar-refractivity contribution in [3.05, 3.63) is 53.6 Å². The summed E-state index contributed by atoms with van der Waals surface area (Å²) in [4.78, 5) is 22.9. The van der Waals surface area contributed by atoms with E-state index < -0.39 is 0 Å². The van der Waals surface area contributed by atoms with Gasteiger partial charge >= 0.3 is 0 Å². The Kier molecular flexibility index (Phi) is 6.49. The molecule has 1 spiro atoms. The van der Waals surface area contributed by atoms with Crippen molar-refractivity contribution < 1.29 is 9.53 Å². The average molecular weight is 425 g/mol. The molecule has 0 bridgehead atoms. The van der Waals surface area contributed by atoms with Crippen molar-refractivity contribution in [1.82, 2.24) is 19.4 Å². The van der Waals surface area contributed by atoms with Crippen LogP contribution >= 0.6 is 0 Å². The first kappa shape index (κ1) is 22.0. The van der Waals surface area contributed by atoms with Crippen LogP contribution in [0.3, 0.4) is 0 Å². The summed E-state index contributed by atoms with van der Waals surface area (Å²) in [7, 11) is 1.69. The Labute approximate surface area is 186 Å². The van der Waals surface area contributed by atoms with Crippen LogP contribution in [0.1, 0.15) is 56.0 Å². The number of ether oxygens (including phenoxy) is 1. The lowest BCUT2D eigenvalue weighted by atomic mass is 9.75. The molecule has 31 heavy (non-hydrogen) atoms. The molecule has 4 rings (SSSR count). The van der Waals surface area contributed by atoms with E-state index in [1.807, 2.05) is 11.2 Å². The van der Waals surface area contributed by atoms with Crippen LogP contribution in [-0.2, 0) is 22.5 Å². The molecule has 0 unspecified atom stereocenters. The molecule has 2 aliphatic heterocycles. The van der Waals surface area contributed by atoms with Gasteiger partial charge in [0.1, 0.15) is 0 Å². The Morgan fingerprint density at radius 2 is 1.97 bits per heavy atom. The zero-order chi connectivity index (χ0) is 22.0. The maximum atomic E-state index is 13.7. The number of carbonyl (C=O) groups excluding carboxylic acids is 1. The third kappa shape index (κ3) is 4.28. The first-order chi connectivity index (χ1) is 15.0. The summed E-state index contributed by atoms with van der Waals surface area (Å²) in [6, 6.07) is 9.26. The van der Waals surface area contributed by atoms with Gasteiger partial charge in [-0.05, 0) is 37.8 Å². The first-order valence-corrected chi connectivity index (χ1v) is 11.6. The van der Waals surface area contributed by atoms with Crippen molar-refractivity contribution in [3.8, 4) is 0 Å². The minimum absolute atomic E-state index is 0.127. The normalized spacial score (nSPS) is 24.2. The van der Waals surface area contributed by atoms with Crippen LogP contribution in [0, 0.1) is 5.41 Å². The van der Waals surface area contributed by atoms with Crippen molar-refractivity contribution in [1.29, 1.82) is 0 Å². The monoisotopic (exact) mass is 424 g/mol. The highest BCUT2D eigenvalue weighted by molar-refractivity contribution is 5.86. The molecule has 1 amide bonds. The molecule has 0 saturated carbocycles. The van der Waals surface area contributed by atoms with Gasteiger partial charge in [-0.1, -0.05) is 31.2 Å². The number of nitrogens with zero attached hydrogens (tertiary/aromatic N) is 4. The van der Waals surface area contributed by atoms with Gasteiger partial charge in [-0.25, -0.2) is 4.98 Å². The molecule has 1 aromatic carbocycles. The first-order valence-electron chi connectivity index (χ1n) is 11.6. The fraction of sp³-hybridized carbons (Fsp3) is 0.600. The highest BCUT2D eigenvalue weighted by Crippen LogP contribution is 2.49. The van der Waals surface area contributed by atoms with E-state index in [-0.39, 0.29) is 17.2 Å². The van der Waals surface area contributed by atoms with E-state index in [0.717, 1.165) is 44.7 Å². The third-order valence-corrected chi connectivity index (χ3v) is 7.13. The fourth-order valence-corrected chi connectivity index (χ4v) is 5.20. The minimum atomic E-state index is -0.382. The predicted octanol–water partition coefficient (Wildman–Crippen LogP) is 3.49. The molecule has 3 heterocycles. The van der Waals surface area contributed by atoms with Crippen molar-refractivity contribution in [3.63, 3.8) is 0 Å². The molecule has 0 N–H and O–H groups in total. The number of imidazole rings is 1. The average Bonchev–Trinajstić information content (AvgIpc) is 3.47. The number of benzene rings is 1. The van der Waals surface area contributed by atoms with E-state index in [2.05, 4.69) is 60.7 Å². The summed E-state index contributed by atoms with van der Waals surface area (Å²) >= 11 is 0. The topological polar surface area (TPSA) is 50.6 Å². The lowest BCUT2D eigenvalue weighted by Gasteiger charge is -2.28. The summed E-state index contributed by atoms with van der Waals surface area (Å²) in [5, 5.41) is 0. The molecule has 1 aromatic heterocycles. The van der Waals surface area contributed by atoms with Crippen molar-refractivity contribution >= 4 is 5.91 Å². The lowest BCUT2D eigenvalue weighted by Crippen LogP contribution is -2.40. The molecular weight excluding hydrogens is 388 g/mol. The van der Waals surface area contributed by atoms with Crippen LogP contribution in [-0.4, -0.2) is 65.2 Å². The van der Waals surface area contributed by atoms with E-state index >= 15 is 0 Å². The molecule has 2 aromatic rings. The summed E-state index contributed by atoms with van der Waals surface area (Å²) < 4.78 is 7.39. The Morgan fingerprint density at radius 3 is 2.61 bits per heavy atom. The number of aromatic nitrogens is 2. The van der Waals surface area contributed by atoms with E-state index in [9.17, 15) is 4.79 Å². The van der Waals surface area contributed by atoms with Gasteiger partial charge in [0, 0.05) is 58.0 Å². The van der Waals surface area contributed by atoms with Gasteiger partial charge in [0.05, 0.1) is 24.0 Å². The smallest absolute Gasteiger partial charge is 0.230 e. The molecule has 6 nitrogen and oxygen atoms in total. The summed E-state index contributed by atoms with van der Waals surface area (Å²) in [6.07, 6.45) is 6.02. The molecule has 2 aliphatic rings. The number of hydrogen-bond donors (Lipinski definition) is 0. The lowest BCUT2D eigenvalue weighted by molar-refractivity contribution is -0.136. The maximum absolute atomic E-state index is 13.7. The van der Waals surface area contributed by atoms with Gasteiger partial charge in [-0.2, -0.15) is 0 Å². The van der Waals surface area contributed by atoms with Crippen LogP contribution in [0.5, 0.6) is 0 Å². The zero-order valence-corrected chi connectivity index (χ0v) is 19.4. The highest BCUT2D eigenvalue weighted by Gasteiger charge is 2.57. The number of aryl methyl sites for hydroxylation is 1. The number of amides is 1. The summed E-state index contributed by atoms with van der Waals surface area (Å²) in [6.45, 7) is 11.1. The number of methoxy groups -OCH3 is 1. The second-order valence-corrected chi connectivity index (χ2v) is 9.42. The van der Waals surface area contributed by atoms with Gasteiger partial charge in [0.2, 0.25) is 5.91 Å². The van der Waals surface area contributed by atoms with Gasteiger partial charge in [-0.15, -0.1) is 0 Å². The second kappa shape index (κ2) is 9.13. The summed E-state index contributed by atoms with van der Waals surface area (Å²) in [5.74, 6) is 0.403. The van der Waals surface area contributed by atoms with E-state index in [0.29, 0.717) is 19.2 Å². The molecule has 0 radical (unpaired) electrons. The SMILES string of the molecule is CCc1ccc(CN2C[C@@H](c3cn(C(C)C)cn3)[C@@]3(CCN(CCOC)C3=O)C2)cc1. The number of carbonyl (C=O) groups is 1. The number of rotatable bonds is 8. The van der Waals surface area contributed by atoms with Crippen LogP contribution in [0.15, 0.2) is 36.8 Å². The quantitative estimate of drug-likeness (QED) is 0.651. The maximum Gasteiger partial charge on any atom is 0.230 e. The van der Waals surface area contributed by atoms with Crippen molar-refractivity contribution in [2.24, 2.45) is 5.41 Å². The molecule has 2 atom stereocenters. The Bertz CT molecular complexity index is 891. The van der Waals surface area contributed by atoms with Gasteiger partial charge in [-0.3, -0.25) is 9.69 Å². The van der Waals surface area contributed by atoms with Gasteiger partial charge < -0.3 is 14.2 Å².